The van der Waals surface area contributed by atoms with Gasteiger partial charge in [0, 0.05) is 18.2 Å². The first-order valence-electron chi connectivity index (χ1n) is 6.00. The third kappa shape index (κ3) is 2.59. The lowest BCUT2D eigenvalue weighted by atomic mass is 10.1. The van der Waals surface area contributed by atoms with E-state index in [2.05, 4.69) is 11.9 Å². The molecule has 1 aromatic rings. The highest BCUT2D eigenvalue weighted by molar-refractivity contribution is 5.68. The highest BCUT2D eigenvalue weighted by atomic mass is 16.5. The third-order valence-corrected chi connectivity index (χ3v) is 3.14. The van der Waals surface area contributed by atoms with Gasteiger partial charge in [-0.15, -0.1) is 0 Å². The standard InChI is InChI=1S/C14H19NO3/c1-10(11-7-8-18-9-11)15-14-12(16-2)5-4-6-13(14)17-3/h4-6,11,15H,1,7-9H2,2-3H3/t11-/m0/s1. The van der Waals surface area contributed by atoms with Crippen LogP contribution in [0.15, 0.2) is 30.5 Å². The summed E-state index contributed by atoms with van der Waals surface area (Å²) in [5.74, 6) is 1.84. The van der Waals surface area contributed by atoms with Crippen molar-refractivity contribution in [2.24, 2.45) is 5.92 Å². The monoisotopic (exact) mass is 249 g/mol. The van der Waals surface area contributed by atoms with Gasteiger partial charge in [0.25, 0.3) is 0 Å². The molecule has 0 amide bonds. The zero-order valence-electron chi connectivity index (χ0n) is 10.9. The Balaban J connectivity index is 2.18. The second kappa shape index (κ2) is 5.78. The van der Waals surface area contributed by atoms with Gasteiger partial charge in [-0.2, -0.15) is 0 Å². The Morgan fingerprint density at radius 1 is 1.33 bits per heavy atom. The Hall–Kier alpha value is -1.68. The molecule has 0 spiro atoms. The fourth-order valence-electron chi connectivity index (χ4n) is 2.05. The minimum atomic E-state index is 0.347. The molecule has 1 heterocycles. The van der Waals surface area contributed by atoms with E-state index < -0.39 is 0 Å². The van der Waals surface area contributed by atoms with E-state index in [0.29, 0.717) is 5.92 Å². The van der Waals surface area contributed by atoms with Gasteiger partial charge in [-0.1, -0.05) is 12.6 Å². The summed E-state index contributed by atoms with van der Waals surface area (Å²) >= 11 is 0. The van der Waals surface area contributed by atoms with Gasteiger partial charge in [-0.25, -0.2) is 0 Å². The topological polar surface area (TPSA) is 39.7 Å². The van der Waals surface area contributed by atoms with E-state index in [1.807, 2.05) is 18.2 Å². The lowest BCUT2D eigenvalue weighted by molar-refractivity contribution is 0.190. The normalized spacial score (nSPS) is 18.4. The average molecular weight is 249 g/mol. The van der Waals surface area contributed by atoms with E-state index in [4.69, 9.17) is 14.2 Å². The molecule has 1 saturated heterocycles. The van der Waals surface area contributed by atoms with Crippen molar-refractivity contribution in [3.05, 3.63) is 30.5 Å². The van der Waals surface area contributed by atoms with Gasteiger partial charge in [0.05, 0.1) is 20.8 Å². The van der Waals surface area contributed by atoms with Crippen LogP contribution in [-0.4, -0.2) is 27.4 Å². The SMILES string of the molecule is C=C(Nc1c(OC)cccc1OC)[C@H]1CCOC1. The van der Waals surface area contributed by atoms with Gasteiger partial charge in [0.15, 0.2) is 0 Å². The number of nitrogens with one attached hydrogen (secondary N) is 1. The van der Waals surface area contributed by atoms with E-state index >= 15 is 0 Å². The predicted octanol–water partition coefficient (Wildman–Crippen LogP) is 2.67. The van der Waals surface area contributed by atoms with E-state index in [-0.39, 0.29) is 0 Å². The molecule has 0 aromatic heterocycles. The highest BCUT2D eigenvalue weighted by Crippen LogP contribution is 2.36. The molecule has 18 heavy (non-hydrogen) atoms. The Labute approximate surface area is 108 Å². The van der Waals surface area contributed by atoms with E-state index in [9.17, 15) is 0 Å². The summed E-state index contributed by atoms with van der Waals surface area (Å²) in [4.78, 5) is 0. The van der Waals surface area contributed by atoms with E-state index in [1.54, 1.807) is 14.2 Å². The molecule has 1 aliphatic rings. The van der Waals surface area contributed by atoms with Crippen LogP contribution in [0.2, 0.25) is 0 Å². The Morgan fingerprint density at radius 3 is 2.50 bits per heavy atom. The number of methoxy groups -OCH3 is 2. The Bertz CT molecular complexity index is 403. The number of hydrogen-bond acceptors (Lipinski definition) is 4. The molecule has 4 heteroatoms. The Kier molecular flexibility index (Phi) is 4.10. The van der Waals surface area contributed by atoms with E-state index in [1.165, 1.54) is 0 Å². The lowest BCUT2D eigenvalue weighted by Crippen LogP contribution is -2.12. The van der Waals surface area contributed by atoms with Crippen LogP contribution in [0.3, 0.4) is 0 Å². The number of para-hydroxylation sites is 1. The third-order valence-electron chi connectivity index (χ3n) is 3.14. The largest absolute Gasteiger partial charge is 0.494 e. The maximum Gasteiger partial charge on any atom is 0.146 e. The molecule has 0 unspecified atom stereocenters. The van der Waals surface area contributed by atoms with E-state index in [0.717, 1.165) is 42.5 Å². The van der Waals surface area contributed by atoms with Crippen LogP contribution in [0.4, 0.5) is 5.69 Å². The highest BCUT2D eigenvalue weighted by Gasteiger charge is 2.20. The van der Waals surface area contributed by atoms with Crippen molar-refractivity contribution in [3.63, 3.8) is 0 Å². The zero-order valence-corrected chi connectivity index (χ0v) is 10.9. The molecule has 0 radical (unpaired) electrons. The molecule has 0 aliphatic carbocycles. The van der Waals surface area contributed by atoms with Crippen LogP contribution in [0.5, 0.6) is 11.5 Å². The smallest absolute Gasteiger partial charge is 0.146 e. The minimum Gasteiger partial charge on any atom is -0.494 e. The fraction of sp³-hybridized carbons (Fsp3) is 0.429. The molecule has 0 bridgehead atoms. The second-order valence-corrected chi connectivity index (χ2v) is 4.25. The van der Waals surface area contributed by atoms with Gasteiger partial charge < -0.3 is 19.5 Å². The predicted molar refractivity (Wildman–Crippen MR) is 71.2 cm³/mol. The van der Waals surface area contributed by atoms with Crippen molar-refractivity contribution in [2.45, 2.75) is 6.42 Å². The van der Waals surface area contributed by atoms with Gasteiger partial charge >= 0.3 is 0 Å². The average Bonchev–Trinajstić information content (AvgIpc) is 2.93. The Morgan fingerprint density at radius 2 is 2.00 bits per heavy atom. The second-order valence-electron chi connectivity index (χ2n) is 4.25. The minimum absolute atomic E-state index is 0.347. The van der Waals surface area contributed by atoms with Crippen molar-refractivity contribution in [3.8, 4) is 11.5 Å². The summed E-state index contributed by atoms with van der Waals surface area (Å²) in [7, 11) is 3.28. The number of anilines is 1. The van der Waals surface area contributed by atoms with Crippen LogP contribution in [-0.2, 0) is 4.74 Å². The lowest BCUT2D eigenvalue weighted by Gasteiger charge is -2.18. The van der Waals surface area contributed by atoms with Crippen LogP contribution < -0.4 is 14.8 Å². The number of rotatable bonds is 5. The fourth-order valence-corrected chi connectivity index (χ4v) is 2.05. The summed E-state index contributed by atoms with van der Waals surface area (Å²) in [6.45, 7) is 5.61. The summed E-state index contributed by atoms with van der Waals surface area (Å²) in [5, 5.41) is 3.30. The number of ether oxygens (including phenoxy) is 3. The molecule has 98 valence electrons. The van der Waals surface area contributed by atoms with Crippen LogP contribution in [0, 0.1) is 5.92 Å². The molecule has 1 aromatic carbocycles. The molecule has 1 aliphatic heterocycles. The molecular weight excluding hydrogens is 230 g/mol. The van der Waals surface area contributed by atoms with Crippen LogP contribution >= 0.6 is 0 Å². The van der Waals surface area contributed by atoms with Gasteiger partial charge in [-0.3, -0.25) is 0 Å². The van der Waals surface area contributed by atoms with Crippen molar-refractivity contribution in [1.82, 2.24) is 0 Å². The van der Waals surface area contributed by atoms with Gasteiger partial charge in [0.2, 0.25) is 0 Å². The molecule has 1 N–H and O–H groups in total. The molecule has 1 fully saturated rings. The summed E-state index contributed by atoms with van der Waals surface area (Å²) < 4.78 is 16.0. The molecule has 1 atom stereocenters. The number of hydrogen-bond donors (Lipinski definition) is 1. The maximum absolute atomic E-state index is 5.37. The summed E-state index contributed by atoms with van der Waals surface area (Å²) in [6.07, 6.45) is 1.00. The molecule has 4 nitrogen and oxygen atoms in total. The number of benzene rings is 1. The summed E-state index contributed by atoms with van der Waals surface area (Å²) in [5.41, 5.74) is 1.76. The molecule has 0 saturated carbocycles. The first-order chi connectivity index (χ1) is 8.76. The first kappa shape index (κ1) is 12.8. The van der Waals surface area contributed by atoms with Crippen molar-refractivity contribution < 1.29 is 14.2 Å². The van der Waals surface area contributed by atoms with Crippen molar-refractivity contribution in [1.29, 1.82) is 0 Å². The van der Waals surface area contributed by atoms with Gasteiger partial charge in [0.1, 0.15) is 17.2 Å². The van der Waals surface area contributed by atoms with Gasteiger partial charge in [-0.05, 0) is 18.6 Å². The van der Waals surface area contributed by atoms with Crippen LogP contribution in [0.1, 0.15) is 6.42 Å². The molecule has 2 rings (SSSR count). The van der Waals surface area contributed by atoms with Crippen molar-refractivity contribution >= 4 is 5.69 Å². The quantitative estimate of drug-likeness (QED) is 0.871. The maximum atomic E-state index is 5.37. The zero-order chi connectivity index (χ0) is 13.0. The molecular formula is C14H19NO3. The first-order valence-corrected chi connectivity index (χ1v) is 6.00. The summed E-state index contributed by atoms with van der Waals surface area (Å²) in [6, 6.07) is 5.68. The van der Waals surface area contributed by atoms with Crippen molar-refractivity contribution in [2.75, 3.05) is 32.8 Å². The van der Waals surface area contributed by atoms with Crippen LogP contribution in [0.25, 0.3) is 0 Å².